The maximum atomic E-state index is 5.81. The number of nitrogens with one attached hydrogen (secondary N) is 1. The molecule has 0 saturated carbocycles. The summed E-state index contributed by atoms with van der Waals surface area (Å²) in [6.45, 7) is 6.59. The average molecular weight is 268 g/mol. The van der Waals surface area contributed by atoms with Crippen LogP contribution in [0.2, 0.25) is 0 Å². The first kappa shape index (κ1) is 14.8. The molecule has 0 aliphatic rings. The van der Waals surface area contributed by atoms with Crippen molar-refractivity contribution in [1.29, 1.82) is 0 Å². The molecule has 2 nitrogen and oxygen atoms in total. The molecule has 0 heterocycles. The van der Waals surface area contributed by atoms with Gasteiger partial charge in [-0.3, -0.25) is 5.84 Å². The Morgan fingerprint density at radius 1 is 0.950 bits per heavy atom. The number of rotatable bonds is 5. The van der Waals surface area contributed by atoms with E-state index in [-0.39, 0.29) is 6.04 Å². The molecule has 0 aliphatic heterocycles. The van der Waals surface area contributed by atoms with Crippen molar-refractivity contribution in [2.24, 2.45) is 5.84 Å². The van der Waals surface area contributed by atoms with E-state index in [0.29, 0.717) is 5.92 Å². The third kappa shape index (κ3) is 3.09. The van der Waals surface area contributed by atoms with Crippen molar-refractivity contribution in [3.8, 4) is 0 Å². The van der Waals surface area contributed by atoms with Gasteiger partial charge in [0.05, 0.1) is 6.04 Å². The van der Waals surface area contributed by atoms with E-state index in [9.17, 15) is 0 Å². The Morgan fingerprint density at radius 2 is 1.55 bits per heavy atom. The van der Waals surface area contributed by atoms with Gasteiger partial charge in [-0.2, -0.15) is 0 Å². The molecule has 0 saturated heterocycles. The first-order valence-electron chi connectivity index (χ1n) is 7.31. The number of hydrogen-bond acceptors (Lipinski definition) is 2. The van der Waals surface area contributed by atoms with Gasteiger partial charge in [0.15, 0.2) is 0 Å². The van der Waals surface area contributed by atoms with Crippen LogP contribution in [0.15, 0.2) is 48.5 Å². The van der Waals surface area contributed by atoms with Crippen LogP contribution in [0.5, 0.6) is 0 Å². The van der Waals surface area contributed by atoms with Crippen LogP contribution in [0, 0.1) is 0 Å². The summed E-state index contributed by atoms with van der Waals surface area (Å²) in [5.74, 6) is 6.36. The second kappa shape index (κ2) is 6.69. The van der Waals surface area contributed by atoms with Gasteiger partial charge >= 0.3 is 0 Å². The van der Waals surface area contributed by atoms with Gasteiger partial charge in [0.1, 0.15) is 0 Å². The van der Waals surface area contributed by atoms with E-state index in [2.05, 4.69) is 74.7 Å². The number of benzene rings is 2. The Hall–Kier alpha value is -1.64. The Morgan fingerprint density at radius 3 is 2.10 bits per heavy atom. The predicted octanol–water partition coefficient (Wildman–Crippen LogP) is 3.93. The van der Waals surface area contributed by atoms with Crippen molar-refractivity contribution in [2.45, 2.75) is 39.2 Å². The maximum Gasteiger partial charge on any atom is 0.0712 e. The van der Waals surface area contributed by atoms with Crippen molar-refractivity contribution in [3.05, 3.63) is 70.8 Å². The van der Waals surface area contributed by atoms with Crippen molar-refractivity contribution < 1.29 is 0 Å². The highest BCUT2D eigenvalue weighted by molar-refractivity contribution is 5.38. The molecule has 3 N–H and O–H groups in total. The summed E-state index contributed by atoms with van der Waals surface area (Å²) in [5, 5.41) is 0. The Bertz CT molecular complexity index is 544. The van der Waals surface area contributed by atoms with E-state index in [1.165, 1.54) is 22.3 Å². The smallest absolute Gasteiger partial charge is 0.0712 e. The van der Waals surface area contributed by atoms with Gasteiger partial charge in [-0.25, -0.2) is 5.43 Å². The number of hydrogen-bond donors (Lipinski definition) is 2. The molecule has 0 aromatic heterocycles. The van der Waals surface area contributed by atoms with Gasteiger partial charge < -0.3 is 0 Å². The zero-order valence-electron chi connectivity index (χ0n) is 12.6. The summed E-state index contributed by atoms with van der Waals surface area (Å²) >= 11 is 0. The van der Waals surface area contributed by atoms with E-state index < -0.39 is 0 Å². The van der Waals surface area contributed by atoms with Crippen LogP contribution in [0.25, 0.3) is 0 Å². The largest absolute Gasteiger partial charge is 0.271 e. The highest BCUT2D eigenvalue weighted by Gasteiger charge is 2.15. The van der Waals surface area contributed by atoms with Crippen molar-refractivity contribution in [3.63, 3.8) is 0 Å². The number of nitrogens with two attached hydrogens (primary N) is 1. The van der Waals surface area contributed by atoms with Crippen molar-refractivity contribution >= 4 is 0 Å². The Labute approximate surface area is 122 Å². The topological polar surface area (TPSA) is 38.0 Å². The molecule has 106 valence electrons. The fourth-order valence-corrected chi connectivity index (χ4v) is 2.58. The van der Waals surface area contributed by atoms with Gasteiger partial charge in [0, 0.05) is 0 Å². The van der Waals surface area contributed by atoms with Gasteiger partial charge in [0.25, 0.3) is 0 Å². The zero-order chi connectivity index (χ0) is 14.5. The molecule has 1 unspecified atom stereocenters. The first-order valence-corrected chi connectivity index (χ1v) is 7.31. The minimum Gasteiger partial charge on any atom is -0.271 e. The summed E-state index contributed by atoms with van der Waals surface area (Å²) < 4.78 is 0. The second-order valence-electron chi connectivity index (χ2n) is 5.47. The lowest BCUT2D eigenvalue weighted by molar-refractivity contribution is 0.631. The van der Waals surface area contributed by atoms with Crippen molar-refractivity contribution in [1.82, 2.24) is 5.43 Å². The van der Waals surface area contributed by atoms with Crippen LogP contribution < -0.4 is 11.3 Å². The lowest BCUT2D eigenvalue weighted by atomic mass is 9.92. The fourth-order valence-electron chi connectivity index (χ4n) is 2.58. The van der Waals surface area contributed by atoms with Crippen LogP contribution in [-0.2, 0) is 6.42 Å². The van der Waals surface area contributed by atoms with E-state index in [4.69, 9.17) is 5.84 Å². The van der Waals surface area contributed by atoms with Crippen LogP contribution >= 0.6 is 0 Å². The van der Waals surface area contributed by atoms with Crippen LogP contribution in [0.4, 0.5) is 0 Å². The lowest BCUT2D eigenvalue weighted by Gasteiger charge is -2.20. The molecule has 1 atom stereocenters. The van der Waals surface area contributed by atoms with E-state index >= 15 is 0 Å². The molecule has 0 amide bonds. The molecule has 2 heteroatoms. The minimum absolute atomic E-state index is 0.0485. The molecule has 2 rings (SSSR count). The van der Waals surface area contributed by atoms with E-state index in [0.717, 1.165) is 6.42 Å². The van der Waals surface area contributed by atoms with Gasteiger partial charge in [-0.15, -0.1) is 0 Å². The summed E-state index contributed by atoms with van der Waals surface area (Å²) in [7, 11) is 0. The lowest BCUT2D eigenvalue weighted by Crippen LogP contribution is -2.29. The molecule has 0 fully saturated rings. The van der Waals surface area contributed by atoms with Crippen molar-refractivity contribution in [2.75, 3.05) is 0 Å². The molecule has 2 aromatic rings. The highest BCUT2D eigenvalue weighted by Crippen LogP contribution is 2.26. The summed E-state index contributed by atoms with van der Waals surface area (Å²) in [5.41, 5.74) is 8.11. The predicted molar refractivity (Wildman–Crippen MR) is 85.5 cm³/mol. The number of hydrazine groups is 1. The van der Waals surface area contributed by atoms with E-state index in [1.54, 1.807) is 0 Å². The zero-order valence-corrected chi connectivity index (χ0v) is 12.6. The van der Waals surface area contributed by atoms with E-state index in [1.807, 2.05) is 0 Å². The normalized spacial score (nSPS) is 12.7. The summed E-state index contributed by atoms with van der Waals surface area (Å²) in [6, 6.07) is 17.3. The molecule has 0 radical (unpaired) electrons. The fraction of sp³-hybridized carbons (Fsp3) is 0.333. The van der Waals surface area contributed by atoms with Gasteiger partial charge in [-0.05, 0) is 34.6 Å². The average Bonchev–Trinajstić information content (AvgIpc) is 2.49. The third-order valence-corrected chi connectivity index (χ3v) is 3.85. The monoisotopic (exact) mass is 268 g/mol. The van der Waals surface area contributed by atoms with Crippen LogP contribution in [0.1, 0.15) is 55.0 Å². The molecule has 0 bridgehead atoms. The van der Waals surface area contributed by atoms with Crippen LogP contribution in [-0.4, -0.2) is 0 Å². The SMILES string of the molecule is CCc1ccccc1C(NN)c1ccc(C(C)C)cc1. The second-order valence-corrected chi connectivity index (χ2v) is 5.47. The Balaban J connectivity index is 2.36. The minimum atomic E-state index is 0.0485. The summed E-state index contributed by atoms with van der Waals surface area (Å²) in [4.78, 5) is 0. The number of aryl methyl sites for hydroxylation is 1. The van der Waals surface area contributed by atoms with Gasteiger partial charge in [0.2, 0.25) is 0 Å². The molecule has 0 spiro atoms. The van der Waals surface area contributed by atoms with Crippen LogP contribution in [0.3, 0.4) is 0 Å². The first-order chi connectivity index (χ1) is 9.67. The molecular formula is C18H24N2. The maximum absolute atomic E-state index is 5.81. The summed E-state index contributed by atoms with van der Waals surface area (Å²) in [6.07, 6.45) is 1.01. The van der Waals surface area contributed by atoms with Gasteiger partial charge in [-0.1, -0.05) is 69.3 Å². The quantitative estimate of drug-likeness (QED) is 0.637. The Kier molecular flexibility index (Phi) is 4.94. The molecule has 2 aromatic carbocycles. The standard InChI is InChI=1S/C18H24N2/c1-4-14-7-5-6-8-17(14)18(20-19)16-11-9-15(10-12-16)13(2)3/h5-13,18,20H,4,19H2,1-3H3. The molecule has 0 aliphatic carbocycles. The third-order valence-electron chi connectivity index (χ3n) is 3.85. The molecular weight excluding hydrogens is 244 g/mol. The highest BCUT2D eigenvalue weighted by atomic mass is 15.2. The molecule has 20 heavy (non-hydrogen) atoms.